The first-order valence-electron chi connectivity index (χ1n) is 6.63. The lowest BCUT2D eigenvalue weighted by molar-refractivity contribution is -0.120. The number of carbonyl (C=O) groups excluding carboxylic acids is 1. The van der Waals surface area contributed by atoms with Crippen molar-refractivity contribution in [3.63, 3.8) is 0 Å². The van der Waals surface area contributed by atoms with Gasteiger partial charge in [-0.05, 0) is 31.4 Å². The van der Waals surface area contributed by atoms with Gasteiger partial charge < -0.3 is 10.6 Å². The molecule has 0 radical (unpaired) electrons. The molecule has 0 atom stereocenters. The number of hydrogen-bond acceptors (Lipinski definition) is 3. The van der Waals surface area contributed by atoms with Crippen LogP contribution in [0.5, 0.6) is 0 Å². The summed E-state index contributed by atoms with van der Waals surface area (Å²) in [5.74, 6) is 0.710. The van der Waals surface area contributed by atoms with Crippen molar-refractivity contribution in [2.24, 2.45) is 5.92 Å². The molecular weight excluding hydrogens is 228 g/mol. The summed E-state index contributed by atoms with van der Waals surface area (Å²) in [6.45, 7) is 7.19. The maximum absolute atomic E-state index is 11.4. The van der Waals surface area contributed by atoms with Crippen molar-refractivity contribution < 1.29 is 4.79 Å². The highest BCUT2D eigenvalue weighted by Gasteiger charge is 2.00. The van der Waals surface area contributed by atoms with Crippen LogP contribution in [0.15, 0.2) is 18.5 Å². The highest BCUT2D eigenvalue weighted by molar-refractivity contribution is 5.77. The third-order valence-corrected chi connectivity index (χ3v) is 2.63. The Morgan fingerprint density at radius 1 is 1.39 bits per heavy atom. The minimum Gasteiger partial charge on any atom is -0.355 e. The molecule has 0 aromatic carbocycles. The zero-order chi connectivity index (χ0) is 13.2. The lowest BCUT2D eigenvalue weighted by Gasteiger charge is -2.08. The Labute approximate surface area is 109 Å². The molecule has 2 N–H and O–H groups in total. The standard InChI is InChI=1S/C13H24N4O/c1-12(2)5-8-15-13(18)11-14-6-3-9-17-10-4-7-16-17/h4,7,10,12,14H,3,5-6,8-9,11H2,1-2H3,(H,15,18). The van der Waals surface area contributed by atoms with Gasteiger partial charge in [-0.1, -0.05) is 13.8 Å². The summed E-state index contributed by atoms with van der Waals surface area (Å²) in [5, 5.41) is 10.1. The van der Waals surface area contributed by atoms with Crippen LogP contribution in [0.4, 0.5) is 0 Å². The van der Waals surface area contributed by atoms with Gasteiger partial charge in [-0.15, -0.1) is 0 Å². The predicted molar refractivity (Wildman–Crippen MR) is 72.2 cm³/mol. The predicted octanol–water partition coefficient (Wildman–Crippen LogP) is 1.03. The third-order valence-electron chi connectivity index (χ3n) is 2.63. The molecule has 0 spiro atoms. The number of nitrogens with one attached hydrogen (secondary N) is 2. The van der Waals surface area contributed by atoms with Crippen molar-refractivity contribution in [3.8, 4) is 0 Å². The summed E-state index contributed by atoms with van der Waals surface area (Å²) in [7, 11) is 0. The maximum Gasteiger partial charge on any atom is 0.233 e. The Morgan fingerprint density at radius 2 is 2.22 bits per heavy atom. The number of aromatic nitrogens is 2. The zero-order valence-corrected chi connectivity index (χ0v) is 11.4. The Kier molecular flexibility index (Phi) is 7.10. The normalized spacial score (nSPS) is 10.8. The minimum absolute atomic E-state index is 0.0785. The Balaban J connectivity index is 1.92. The van der Waals surface area contributed by atoms with Gasteiger partial charge in [0.1, 0.15) is 0 Å². The van der Waals surface area contributed by atoms with E-state index in [1.54, 1.807) is 6.20 Å². The van der Waals surface area contributed by atoms with Gasteiger partial charge in [0.15, 0.2) is 0 Å². The van der Waals surface area contributed by atoms with Gasteiger partial charge in [-0.2, -0.15) is 5.10 Å². The van der Waals surface area contributed by atoms with Gasteiger partial charge in [-0.3, -0.25) is 9.48 Å². The van der Waals surface area contributed by atoms with E-state index in [1.165, 1.54) is 0 Å². The topological polar surface area (TPSA) is 59.0 Å². The second kappa shape index (κ2) is 8.69. The number of hydrogen-bond donors (Lipinski definition) is 2. The van der Waals surface area contributed by atoms with E-state index in [0.717, 1.165) is 32.5 Å². The highest BCUT2D eigenvalue weighted by Crippen LogP contribution is 1.95. The van der Waals surface area contributed by atoms with E-state index in [1.807, 2.05) is 16.9 Å². The molecule has 0 aliphatic rings. The summed E-state index contributed by atoms with van der Waals surface area (Å²) in [5.41, 5.74) is 0. The first kappa shape index (κ1) is 14.7. The van der Waals surface area contributed by atoms with Gasteiger partial charge in [0.05, 0.1) is 6.54 Å². The van der Waals surface area contributed by atoms with Gasteiger partial charge in [0.2, 0.25) is 5.91 Å². The van der Waals surface area contributed by atoms with Crippen molar-refractivity contribution in [2.75, 3.05) is 19.6 Å². The summed E-state index contributed by atoms with van der Waals surface area (Å²) >= 11 is 0. The van der Waals surface area contributed by atoms with Crippen LogP contribution in [0, 0.1) is 5.92 Å². The summed E-state index contributed by atoms with van der Waals surface area (Å²) in [6.07, 6.45) is 5.72. The molecule has 5 nitrogen and oxygen atoms in total. The number of aryl methyl sites for hydroxylation is 1. The van der Waals surface area contributed by atoms with E-state index in [0.29, 0.717) is 12.5 Å². The van der Waals surface area contributed by atoms with Crippen LogP contribution in [-0.4, -0.2) is 35.3 Å². The first-order chi connectivity index (χ1) is 8.68. The molecule has 102 valence electrons. The maximum atomic E-state index is 11.4. The third kappa shape index (κ3) is 7.06. The Hall–Kier alpha value is -1.36. The average molecular weight is 252 g/mol. The molecule has 1 rings (SSSR count). The average Bonchev–Trinajstić information content (AvgIpc) is 2.81. The number of nitrogens with zero attached hydrogens (tertiary/aromatic N) is 2. The fourth-order valence-corrected chi connectivity index (χ4v) is 1.56. The van der Waals surface area contributed by atoms with Crippen LogP contribution in [0.1, 0.15) is 26.7 Å². The molecule has 0 bridgehead atoms. The zero-order valence-electron chi connectivity index (χ0n) is 11.4. The fraction of sp³-hybridized carbons (Fsp3) is 0.692. The molecule has 1 heterocycles. The van der Waals surface area contributed by atoms with E-state index in [-0.39, 0.29) is 5.91 Å². The second-order valence-corrected chi connectivity index (χ2v) is 4.83. The van der Waals surface area contributed by atoms with Crippen molar-refractivity contribution in [1.82, 2.24) is 20.4 Å². The van der Waals surface area contributed by atoms with Crippen LogP contribution >= 0.6 is 0 Å². The van der Waals surface area contributed by atoms with Crippen LogP contribution in [0.25, 0.3) is 0 Å². The van der Waals surface area contributed by atoms with Gasteiger partial charge in [-0.25, -0.2) is 0 Å². The van der Waals surface area contributed by atoms with Crippen molar-refractivity contribution in [2.45, 2.75) is 33.2 Å². The van der Waals surface area contributed by atoms with Crippen molar-refractivity contribution >= 4 is 5.91 Å². The van der Waals surface area contributed by atoms with E-state index in [9.17, 15) is 4.79 Å². The molecular formula is C13H24N4O. The molecule has 0 aliphatic heterocycles. The van der Waals surface area contributed by atoms with Crippen molar-refractivity contribution in [3.05, 3.63) is 18.5 Å². The lowest BCUT2D eigenvalue weighted by Crippen LogP contribution is -2.35. The quantitative estimate of drug-likeness (QED) is 0.645. The second-order valence-electron chi connectivity index (χ2n) is 4.83. The molecule has 0 saturated heterocycles. The van der Waals surface area contributed by atoms with Gasteiger partial charge >= 0.3 is 0 Å². The summed E-state index contributed by atoms with van der Waals surface area (Å²) in [4.78, 5) is 11.4. The Bertz CT molecular complexity index is 322. The van der Waals surface area contributed by atoms with Crippen molar-refractivity contribution in [1.29, 1.82) is 0 Å². The number of rotatable bonds is 9. The van der Waals surface area contributed by atoms with Gasteiger partial charge in [0, 0.05) is 25.5 Å². The summed E-state index contributed by atoms with van der Waals surface area (Å²) in [6, 6.07) is 1.91. The fourth-order valence-electron chi connectivity index (χ4n) is 1.56. The molecule has 0 saturated carbocycles. The number of amides is 1. The summed E-state index contributed by atoms with van der Waals surface area (Å²) < 4.78 is 1.89. The largest absolute Gasteiger partial charge is 0.355 e. The molecule has 0 fully saturated rings. The molecule has 1 aromatic heterocycles. The number of carbonyl (C=O) groups is 1. The SMILES string of the molecule is CC(C)CCNC(=O)CNCCCn1cccn1. The lowest BCUT2D eigenvalue weighted by atomic mass is 10.1. The monoisotopic (exact) mass is 252 g/mol. The minimum atomic E-state index is 0.0785. The van der Waals surface area contributed by atoms with E-state index < -0.39 is 0 Å². The molecule has 1 amide bonds. The van der Waals surface area contributed by atoms with E-state index in [4.69, 9.17) is 0 Å². The molecule has 18 heavy (non-hydrogen) atoms. The Morgan fingerprint density at radius 3 is 2.89 bits per heavy atom. The van der Waals surface area contributed by atoms with E-state index >= 15 is 0 Å². The van der Waals surface area contributed by atoms with Crippen LogP contribution in [0.3, 0.4) is 0 Å². The van der Waals surface area contributed by atoms with E-state index in [2.05, 4.69) is 29.6 Å². The van der Waals surface area contributed by atoms with Crippen LogP contribution < -0.4 is 10.6 Å². The van der Waals surface area contributed by atoms with Crippen LogP contribution in [-0.2, 0) is 11.3 Å². The van der Waals surface area contributed by atoms with Gasteiger partial charge in [0.25, 0.3) is 0 Å². The highest BCUT2D eigenvalue weighted by atomic mass is 16.1. The molecule has 0 aliphatic carbocycles. The first-order valence-corrected chi connectivity index (χ1v) is 6.63. The molecule has 0 unspecified atom stereocenters. The smallest absolute Gasteiger partial charge is 0.233 e. The molecule has 1 aromatic rings. The van der Waals surface area contributed by atoms with Crippen LogP contribution in [0.2, 0.25) is 0 Å². The molecule has 5 heteroatoms.